The van der Waals surface area contributed by atoms with Crippen LogP contribution in [0.1, 0.15) is 0 Å². The molecule has 0 aromatic carbocycles. The van der Waals surface area contributed by atoms with E-state index in [4.69, 9.17) is 9.16 Å². The highest BCUT2D eigenvalue weighted by Gasteiger charge is 2.20. The Morgan fingerprint density at radius 3 is 2.10 bits per heavy atom. The second kappa shape index (κ2) is 5.85. The van der Waals surface area contributed by atoms with Crippen molar-refractivity contribution in [3.63, 3.8) is 0 Å². The zero-order chi connectivity index (χ0) is 7.98. The highest BCUT2D eigenvalue weighted by atomic mass is 28.2. The predicted octanol–water partition coefficient (Wildman–Crippen LogP) is -1.14. The minimum atomic E-state index is 0.461. The molecule has 1 unspecified atom stereocenters. The zero-order valence-corrected chi connectivity index (χ0v) is 9.26. The lowest BCUT2D eigenvalue weighted by atomic mass is 10.5. The molecule has 3 nitrogen and oxygen atoms in total. The van der Waals surface area contributed by atoms with Crippen molar-refractivity contribution in [3.05, 3.63) is 0 Å². The van der Waals surface area contributed by atoms with Crippen LogP contribution in [0.3, 0.4) is 0 Å². The molecule has 0 spiro atoms. The number of nitrogens with zero attached hydrogens (tertiary/aromatic N) is 1. The Labute approximate surface area is 65.8 Å². The smallest absolute Gasteiger partial charge is 0.146 e. The van der Waals surface area contributed by atoms with E-state index in [2.05, 4.69) is 0 Å². The molecule has 1 fully saturated rings. The summed E-state index contributed by atoms with van der Waals surface area (Å²) in [4.78, 5) is 2.00. The van der Waals surface area contributed by atoms with Crippen LogP contribution in [-0.2, 0) is 9.16 Å². The van der Waals surface area contributed by atoms with Crippen molar-refractivity contribution < 1.29 is 9.16 Å². The number of hydrogen-bond donors (Lipinski definition) is 0. The van der Waals surface area contributed by atoms with Gasteiger partial charge in [-0.25, -0.2) is 0 Å². The van der Waals surface area contributed by atoms with E-state index < -0.39 is 0 Å². The van der Waals surface area contributed by atoms with Gasteiger partial charge < -0.3 is 14.1 Å². The fraction of sp³-hybridized carbons (Fsp3) is 1.00. The van der Waals surface area contributed by atoms with Crippen LogP contribution in [0.5, 0.6) is 0 Å². The van der Waals surface area contributed by atoms with Gasteiger partial charge in [0, 0.05) is 0 Å². The van der Waals surface area contributed by atoms with Crippen LogP contribution in [-0.4, -0.2) is 55.8 Å². The molecule has 1 atom stereocenters. The van der Waals surface area contributed by atoms with E-state index in [-0.39, 0.29) is 0 Å². The average Bonchev–Trinajstić information content (AvgIpc) is 2.48. The Morgan fingerprint density at radius 1 is 1.60 bits per heavy atom. The number of epoxide rings is 1. The first-order valence-corrected chi connectivity index (χ1v) is 4.20. The molecule has 0 aliphatic carbocycles. The van der Waals surface area contributed by atoms with Gasteiger partial charge in [-0.2, -0.15) is 0 Å². The van der Waals surface area contributed by atoms with E-state index in [1.165, 1.54) is 0 Å². The molecule has 4 heteroatoms. The molecule has 0 N–H and O–H groups in total. The highest BCUT2D eigenvalue weighted by molar-refractivity contribution is 5.97. The first-order valence-electron chi connectivity index (χ1n) is 3.38. The van der Waals surface area contributed by atoms with Gasteiger partial charge in [0.2, 0.25) is 0 Å². The molecule has 1 aliphatic rings. The van der Waals surface area contributed by atoms with Gasteiger partial charge in [-0.15, -0.1) is 0 Å². The first-order chi connectivity index (χ1) is 4.66. The molecule has 0 bridgehead atoms. The summed E-state index contributed by atoms with van der Waals surface area (Å²) in [5.74, 6) is 0. The molecule has 1 rings (SSSR count). The monoisotopic (exact) mass is 163 g/mol. The molecule has 0 aromatic heterocycles. The molecule has 0 amide bonds. The third-order valence-electron chi connectivity index (χ3n) is 0.755. The molecule has 0 saturated carbocycles. The van der Waals surface area contributed by atoms with Gasteiger partial charge in [-0.3, -0.25) is 0 Å². The third-order valence-corrected chi connectivity index (χ3v) is 1.09. The fourth-order valence-corrected chi connectivity index (χ4v) is 0.722. The van der Waals surface area contributed by atoms with E-state index in [9.17, 15) is 0 Å². The Bertz CT molecular complexity index is 73.4. The number of rotatable bonds is 2. The Balaban J connectivity index is 0.000000180. The van der Waals surface area contributed by atoms with Crippen molar-refractivity contribution in [1.29, 1.82) is 0 Å². The topological polar surface area (TPSA) is 25.0 Å². The number of ether oxygens (including phenoxy) is 1. The molecule has 0 radical (unpaired) electrons. The van der Waals surface area contributed by atoms with Gasteiger partial charge in [0.25, 0.3) is 0 Å². The summed E-state index contributed by atoms with van der Waals surface area (Å²) in [5.41, 5.74) is 0. The largest absolute Gasteiger partial charge is 0.425 e. The minimum absolute atomic E-state index is 0.461. The number of hydrogen-bond acceptors (Lipinski definition) is 3. The quantitative estimate of drug-likeness (QED) is 0.380. The average molecular weight is 163 g/mol. The fourth-order valence-electron chi connectivity index (χ4n) is 0.350. The molecular weight excluding hydrogens is 146 g/mol. The lowest BCUT2D eigenvalue weighted by Crippen LogP contribution is -1.99. The first kappa shape index (κ1) is 10.1. The van der Waals surface area contributed by atoms with Crippen LogP contribution < -0.4 is 0 Å². The van der Waals surface area contributed by atoms with Crippen LogP contribution in [0.15, 0.2) is 0 Å². The maximum Gasteiger partial charge on any atom is 0.146 e. The molecule has 1 saturated heterocycles. The van der Waals surface area contributed by atoms with Gasteiger partial charge in [-0.05, 0) is 21.1 Å². The van der Waals surface area contributed by atoms with Gasteiger partial charge in [0.05, 0.1) is 13.2 Å². The van der Waals surface area contributed by atoms with E-state index >= 15 is 0 Å². The van der Waals surface area contributed by atoms with Gasteiger partial charge in [-0.1, -0.05) is 0 Å². The van der Waals surface area contributed by atoms with Crippen LogP contribution in [0.4, 0.5) is 0 Å². The Hall–Kier alpha value is 0.0969. The van der Waals surface area contributed by atoms with Gasteiger partial charge in [0.1, 0.15) is 16.6 Å². The molecule has 10 heavy (non-hydrogen) atoms. The summed E-state index contributed by atoms with van der Waals surface area (Å²) in [5, 5.41) is 0. The van der Waals surface area contributed by atoms with Crippen molar-refractivity contribution in [2.75, 3.05) is 34.4 Å². The summed E-state index contributed by atoms with van der Waals surface area (Å²) in [6.45, 7) is 1.74. The standard InChI is InChI=1S/C3H9N.C3H8O2Si/c1-4(2)3;6-5-2-3-1-4-3/h1-3H3;3H,1-2H2,6H3. The van der Waals surface area contributed by atoms with Gasteiger partial charge >= 0.3 is 0 Å². The summed E-state index contributed by atoms with van der Waals surface area (Å²) in [7, 11) is 6.85. The SMILES string of the molecule is CN(C)C.[SiH3]OCC1CO1. The summed E-state index contributed by atoms with van der Waals surface area (Å²) >= 11 is 0. The van der Waals surface area contributed by atoms with E-state index in [1.54, 1.807) is 0 Å². The summed E-state index contributed by atoms with van der Waals surface area (Å²) in [6.07, 6.45) is 0.461. The molecule has 0 aromatic rings. The maximum absolute atomic E-state index is 4.88. The van der Waals surface area contributed by atoms with E-state index in [0.29, 0.717) is 6.10 Å². The summed E-state index contributed by atoms with van der Waals surface area (Å²) < 4.78 is 9.73. The van der Waals surface area contributed by atoms with Crippen LogP contribution in [0, 0.1) is 0 Å². The second-order valence-corrected chi connectivity index (χ2v) is 3.33. The lowest BCUT2D eigenvalue weighted by Gasteiger charge is -1.90. The highest BCUT2D eigenvalue weighted by Crippen LogP contribution is 2.06. The zero-order valence-electron chi connectivity index (χ0n) is 7.26. The van der Waals surface area contributed by atoms with Crippen LogP contribution in [0.2, 0.25) is 0 Å². The Morgan fingerprint density at radius 2 is 2.00 bits per heavy atom. The maximum atomic E-state index is 4.88. The molecule has 1 heterocycles. The molecule has 1 aliphatic heterocycles. The second-order valence-electron chi connectivity index (χ2n) is 2.75. The van der Waals surface area contributed by atoms with Gasteiger partial charge in [0.15, 0.2) is 0 Å². The van der Waals surface area contributed by atoms with E-state index in [0.717, 1.165) is 23.7 Å². The predicted molar refractivity (Wildman–Crippen MR) is 45.2 cm³/mol. The van der Waals surface area contributed by atoms with Crippen molar-refractivity contribution in [2.24, 2.45) is 0 Å². The van der Waals surface area contributed by atoms with Crippen molar-refractivity contribution in [2.45, 2.75) is 6.10 Å². The molecule has 62 valence electrons. The van der Waals surface area contributed by atoms with E-state index in [1.807, 2.05) is 26.0 Å². The molecular formula is C6H17NO2Si. The third kappa shape index (κ3) is 11.0. The van der Waals surface area contributed by atoms with Crippen LogP contribution >= 0.6 is 0 Å². The Kier molecular flexibility index (Phi) is 5.91. The lowest BCUT2D eigenvalue weighted by molar-refractivity contribution is 0.281. The van der Waals surface area contributed by atoms with Crippen molar-refractivity contribution in [1.82, 2.24) is 4.90 Å². The minimum Gasteiger partial charge on any atom is -0.425 e. The van der Waals surface area contributed by atoms with Crippen molar-refractivity contribution in [3.8, 4) is 0 Å². The van der Waals surface area contributed by atoms with Crippen molar-refractivity contribution >= 4 is 10.5 Å². The summed E-state index contributed by atoms with van der Waals surface area (Å²) in [6, 6.07) is 0. The normalized spacial score (nSPS) is 22.2. The van der Waals surface area contributed by atoms with Crippen LogP contribution in [0.25, 0.3) is 0 Å².